The van der Waals surface area contributed by atoms with E-state index in [9.17, 15) is 9.59 Å². The van der Waals surface area contributed by atoms with E-state index in [-0.39, 0.29) is 11.8 Å². The van der Waals surface area contributed by atoms with E-state index in [1.54, 1.807) is 12.1 Å². The fourth-order valence-electron chi connectivity index (χ4n) is 3.27. The van der Waals surface area contributed by atoms with Crippen LogP contribution in [0, 0.1) is 5.92 Å². The molecule has 7 nitrogen and oxygen atoms in total. The highest BCUT2D eigenvalue weighted by molar-refractivity contribution is 6.05. The van der Waals surface area contributed by atoms with Gasteiger partial charge in [-0.15, -0.1) is 0 Å². The van der Waals surface area contributed by atoms with Crippen LogP contribution < -0.4 is 15.4 Å². The molecule has 0 aliphatic carbocycles. The number of ether oxygens (including phenoxy) is 1. The van der Waals surface area contributed by atoms with Gasteiger partial charge < -0.3 is 19.9 Å². The molecular formula is C21H28N4O3. The first-order chi connectivity index (χ1) is 13.5. The van der Waals surface area contributed by atoms with Crippen LogP contribution in [-0.4, -0.2) is 34.5 Å². The highest BCUT2D eigenvalue weighted by Gasteiger charge is 2.27. The summed E-state index contributed by atoms with van der Waals surface area (Å²) in [4.78, 5) is 29.9. The van der Waals surface area contributed by atoms with E-state index in [0.717, 1.165) is 30.7 Å². The molecule has 7 heteroatoms. The minimum absolute atomic E-state index is 0.225. The number of carbonyl (C=O) groups excluding carboxylic acids is 2. The van der Waals surface area contributed by atoms with Crippen molar-refractivity contribution in [2.45, 2.75) is 46.6 Å². The normalized spacial score (nSPS) is 13.1. The maximum Gasteiger partial charge on any atom is 0.287 e. The number of benzene rings is 1. The number of fused-ring (bicyclic) bond motifs is 1. The Morgan fingerprint density at radius 1 is 1.18 bits per heavy atom. The molecule has 0 atom stereocenters. The van der Waals surface area contributed by atoms with Gasteiger partial charge in [-0.2, -0.15) is 0 Å². The average molecular weight is 384 g/mol. The van der Waals surface area contributed by atoms with Crippen LogP contribution in [0.25, 0.3) is 0 Å². The fraction of sp³-hybridized carbons (Fsp3) is 0.476. The molecule has 1 aromatic carbocycles. The van der Waals surface area contributed by atoms with E-state index < -0.39 is 0 Å². The lowest BCUT2D eigenvalue weighted by Crippen LogP contribution is -2.30. The molecule has 0 radical (unpaired) electrons. The molecule has 0 unspecified atom stereocenters. The topological polar surface area (TPSA) is 85.2 Å². The monoisotopic (exact) mass is 384 g/mol. The number of aromatic nitrogens is 2. The average Bonchev–Trinajstić information content (AvgIpc) is 3.08. The molecule has 0 saturated heterocycles. The van der Waals surface area contributed by atoms with Crippen molar-refractivity contribution in [2.75, 3.05) is 18.5 Å². The van der Waals surface area contributed by atoms with Gasteiger partial charge in [0.1, 0.15) is 5.75 Å². The molecule has 0 saturated carbocycles. The summed E-state index contributed by atoms with van der Waals surface area (Å²) in [7, 11) is 0. The number of imidazole rings is 1. The van der Waals surface area contributed by atoms with Crippen molar-refractivity contribution in [2.24, 2.45) is 5.92 Å². The fourth-order valence-corrected chi connectivity index (χ4v) is 3.27. The van der Waals surface area contributed by atoms with E-state index >= 15 is 0 Å². The number of carbonyl (C=O) groups is 2. The van der Waals surface area contributed by atoms with Crippen LogP contribution in [0.4, 0.5) is 5.69 Å². The van der Waals surface area contributed by atoms with E-state index in [2.05, 4.69) is 15.6 Å². The summed E-state index contributed by atoms with van der Waals surface area (Å²) in [5, 5.41) is 5.78. The second-order valence-electron chi connectivity index (χ2n) is 7.35. The van der Waals surface area contributed by atoms with Crippen LogP contribution in [0.2, 0.25) is 0 Å². The van der Waals surface area contributed by atoms with Gasteiger partial charge in [0.2, 0.25) is 0 Å². The summed E-state index contributed by atoms with van der Waals surface area (Å²) < 4.78 is 7.32. The summed E-state index contributed by atoms with van der Waals surface area (Å²) in [5.41, 5.74) is 1.84. The molecule has 2 aromatic rings. The van der Waals surface area contributed by atoms with Crippen LogP contribution >= 0.6 is 0 Å². The van der Waals surface area contributed by atoms with Gasteiger partial charge >= 0.3 is 0 Å². The number of nitrogens with zero attached hydrogens (tertiary/aromatic N) is 2. The molecule has 28 heavy (non-hydrogen) atoms. The predicted molar refractivity (Wildman–Crippen MR) is 108 cm³/mol. The summed E-state index contributed by atoms with van der Waals surface area (Å²) >= 11 is 0. The number of rotatable bonds is 7. The van der Waals surface area contributed by atoms with E-state index in [0.29, 0.717) is 42.8 Å². The standard InChI is InChI=1S/C21H28N4O3/c1-4-28-16-10-8-15(9-11-16)23-20(26)18-17-7-5-6-12-25(17)19(24-18)21(27)22-13-14(2)3/h8-11,14H,4-7,12-13H2,1-3H3,(H,22,27)(H,23,26). The quantitative estimate of drug-likeness (QED) is 0.767. The molecule has 1 aliphatic rings. The Morgan fingerprint density at radius 3 is 2.61 bits per heavy atom. The third-order valence-corrected chi connectivity index (χ3v) is 4.63. The van der Waals surface area contributed by atoms with Gasteiger partial charge in [-0.3, -0.25) is 9.59 Å². The molecule has 2 N–H and O–H groups in total. The van der Waals surface area contributed by atoms with Crippen LogP contribution in [0.1, 0.15) is 60.4 Å². The van der Waals surface area contributed by atoms with Crippen molar-refractivity contribution in [3.8, 4) is 5.75 Å². The number of nitrogens with one attached hydrogen (secondary N) is 2. The zero-order chi connectivity index (χ0) is 20.1. The van der Waals surface area contributed by atoms with Crippen LogP contribution in [0.5, 0.6) is 5.75 Å². The van der Waals surface area contributed by atoms with Crippen molar-refractivity contribution >= 4 is 17.5 Å². The van der Waals surface area contributed by atoms with Gasteiger partial charge in [-0.05, 0) is 56.4 Å². The largest absolute Gasteiger partial charge is 0.494 e. The molecule has 1 aromatic heterocycles. The summed E-state index contributed by atoms with van der Waals surface area (Å²) in [5.74, 6) is 0.910. The van der Waals surface area contributed by atoms with Gasteiger partial charge in [-0.25, -0.2) is 4.98 Å². The number of hydrogen-bond acceptors (Lipinski definition) is 4. The third-order valence-electron chi connectivity index (χ3n) is 4.63. The maximum atomic E-state index is 12.8. The smallest absolute Gasteiger partial charge is 0.287 e. The Kier molecular flexibility index (Phi) is 6.34. The maximum absolute atomic E-state index is 12.8. The van der Waals surface area contributed by atoms with Crippen molar-refractivity contribution in [1.82, 2.24) is 14.9 Å². The lowest BCUT2D eigenvalue weighted by Gasteiger charge is -2.17. The van der Waals surface area contributed by atoms with Gasteiger partial charge in [0.15, 0.2) is 11.5 Å². The van der Waals surface area contributed by atoms with Crippen molar-refractivity contribution in [1.29, 1.82) is 0 Å². The molecule has 0 bridgehead atoms. The Bertz CT molecular complexity index is 840. The van der Waals surface area contributed by atoms with Crippen LogP contribution in [0.3, 0.4) is 0 Å². The van der Waals surface area contributed by atoms with Crippen molar-refractivity contribution < 1.29 is 14.3 Å². The Labute approximate surface area is 165 Å². The first kappa shape index (κ1) is 19.9. The van der Waals surface area contributed by atoms with Crippen molar-refractivity contribution in [3.05, 3.63) is 41.5 Å². The molecular weight excluding hydrogens is 356 g/mol. The first-order valence-electron chi connectivity index (χ1n) is 9.91. The minimum atomic E-state index is -0.294. The minimum Gasteiger partial charge on any atom is -0.494 e. The summed E-state index contributed by atoms with van der Waals surface area (Å²) in [6.07, 6.45) is 2.71. The molecule has 150 valence electrons. The number of hydrogen-bond donors (Lipinski definition) is 2. The Morgan fingerprint density at radius 2 is 1.93 bits per heavy atom. The number of amides is 2. The van der Waals surface area contributed by atoms with Gasteiger partial charge in [-0.1, -0.05) is 13.8 Å². The molecule has 0 fully saturated rings. The Balaban J connectivity index is 1.80. The van der Waals surface area contributed by atoms with Crippen LogP contribution in [-0.2, 0) is 13.0 Å². The number of anilines is 1. The van der Waals surface area contributed by atoms with Gasteiger partial charge in [0, 0.05) is 18.8 Å². The summed E-state index contributed by atoms with van der Waals surface area (Å²) in [6.45, 7) is 7.88. The van der Waals surface area contributed by atoms with E-state index in [1.165, 1.54) is 0 Å². The molecule has 2 amide bonds. The molecule has 0 spiro atoms. The lowest BCUT2D eigenvalue weighted by atomic mass is 10.1. The molecule has 1 aliphatic heterocycles. The Hall–Kier alpha value is -2.83. The van der Waals surface area contributed by atoms with Crippen molar-refractivity contribution in [3.63, 3.8) is 0 Å². The first-order valence-corrected chi connectivity index (χ1v) is 9.91. The highest BCUT2D eigenvalue weighted by atomic mass is 16.5. The SMILES string of the molecule is CCOc1ccc(NC(=O)c2nc(C(=O)NCC(C)C)n3c2CCCC3)cc1. The molecule has 2 heterocycles. The van der Waals surface area contributed by atoms with E-state index in [4.69, 9.17) is 4.74 Å². The summed E-state index contributed by atoms with van der Waals surface area (Å²) in [6, 6.07) is 7.21. The molecule has 3 rings (SSSR count). The zero-order valence-corrected chi connectivity index (χ0v) is 16.7. The van der Waals surface area contributed by atoms with Crippen LogP contribution in [0.15, 0.2) is 24.3 Å². The predicted octanol–water partition coefficient (Wildman–Crippen LogP) is 3.26. The zero-order valence-electron chi connectivity index (χ0n) is 16.7. The second-order valence-corrected chi connectivity index (χ2v) is 7.35. The van der Waals surface area contributed by atoms with Gasteiger partial charge in [0.05, 0.1) is 12.3 Å². The highest BCUT2D eigenvalue weighted by Crippen LogP contribution is 2.23. The van der Waals surface area contributed by atoms with Gasteiger partial charge in [0.25, 0.3) is 11.8 Å². The van der Waals surface area contributed by atoms with E-state index in [1.807, 2.05) is 37.5 Å². The second kappa shape index (κ2) is 8.91. The lowest BCUT2D eigenvalue weighted by molar-refractivity contribution is 0.0933. The third kappa shape index (κ3) is 4.52.